The van der Waals surface area contributed by atoms with Gasteiger partial charge in [-0.3, -0.25) is 4.79 Å². The molecule has 4 rings (SSSR count). The molecule has 0 N–H and O–H groups in total. The monoisotopic (exact) mass is 419 g/mol. The van der Waals surface area contributed by atoms with Crippen molar-refractivity contribution in [1.82, 2.24) is 14.0 Å². The minimum Gasteiger partial charge on any atom is -0.461 e. The molecule has 2 aromatic heterocycles. The Hall–Kier alpha value is -3.28. The van der Waals surface area contributed by atoms with Gasteiger partial charge in [0.15, 0.2) is 0 Å². The summed E-state index contributed by atoms with van der Waals surface area (Å²) in [5, 5.41) is 0. The number of carbonyl (C=O) groups is 2. The number of ether oxygens (including phenoxy) is 1. The van der Waals surface area contributed by atoms with Crippen molar-refractivity contribution in [3.05, 3.63) is 83.9 Å². The van der Waals surface area contributed by atoms with E-state index in [1.807, 2.05) is 82.0 Å². The summed E-state index contributed by atoms with van der Waals surface area (Å²) in [5.74, 6) is -0.266. The van der Waals surface area contributed by atoms with Gasteiger partial charge in [0.2, 0.25) is 0 Å². The summed E-state index contributed by atoms with van der Waals surface area (Å²) in [7, 11) is 1.89. The maximum absolute atomic E-state index is 13.0. The molecule has 31 heavy (non-hydrogen) atoms. The second kappa shape index (κ2) is 9.69. The fourth-order valence-corrected chi connectivity index (χ4v) is 4.28. The molecule has 0 bridgehead atoms. The van der Waals surface area contributed by atoms with Crippen molar-refractivity contribution < 1.29 is 14.3 Å². The zero-order valence-electron chi connectivity index (χ0n) is 17.9. The highest BCUT2D eigenvalue weighted by atomic mass is 16.5. The van der Waals surface area contributed by atoms with E-state index in [1.54, 1.807) is 6.07 Å². The van der Waals surface area contributed by atoms with Crippen molar-refractivity contribution >= 4 is 11.9 Å². The van der Waals surface area contributed by atoms with Crippen LogP contribution in [-0.4, -0.2) is 45.1 Å². The number of carbonyl (C=O) groups excluding carboxylic acids is 2. The molecule has 0 spiro atoms. The lowest BCUT2D eigenvalue weighted by atomic mass is 9.99. The van der Waals surface area contributed by atoms with Gasteiger partial charge in [-0.15, -0.1) is 0 Å². The van der Waals surface area contributed by atoms with Gasteiger partial charge in [0.25, 0.3) is 5.91 Å². The van der Waals surface area contributed by atoms with Crippen molar-refractivity contribution in [2.75, 3.05) is 13.2 Å². The fourth-order valence-electron chi connectivity index (χ4n) is 4.28. The number of esters is 1. The summed E-state index contributed by atoms with van der Waals surface area (Å²) in [6, 6.07) is 17.5. The van der Waals surface area contributed by atoms with Crippen molar-refractivity contribution in [2.45, 2.75) is 38.3 Å². The lowest BCUT2D eigenvalue weighted by molar-refractivity contribution is 0.0398. The van der Waals surface area contributed by atoms with E-state index in [9.17, 15) is 9.59 Å². The summed E-state index contributed by atoms with van der Waals surface area (Å²) >= 11 is 0. The Morgan fingerprint density at radius 1 is 0.968 bits per heavy atom. The SMILES string of the molecule is Cn1cccc1C(=O)N1CCCCC1CCOC(=O)c1cccn1Cc1ccccc1. The van der Waals surface area contributed by atoms with Crippen LogP contribution in [0.1, 0.15) is 52.2 Å². The molecule has 0 aliphatic carbocycles. The van der Waals surface area contributed by atoms with Crippen LogP contribution in [0.4, 0.5) is 0 Å². The number of piperidine rings is 1. The maximum Gasteiger partial charge on any atom is 0.354 e. The molecule has 162 valence electrons. The molecule has 3 aromatic rings. The van der Waals surface area contributed by atoms with E-state index in [0.29, 0.717) is 31.0 Å². The molecule has 1 aliphatic heterocycles. The lowest BCUT2D eigenvalue weighted by Crippen LogP contribution is -2.44. The molecule has 1 unspecified atom stereocenters. The number of likely N-dealkylation sites (tertiary alicyclic amines) is 1. The van der Waals surface area contributed by atoms with E-state index in [0.717, 1.165) is 31.4 Å². The smallest absolute Gasteiger partial charge is 0.354 e. The first-order valence-electron chi connectivity index (χ1n) is 10.9. The van der Waals surface area contributed by atoms with E-state index >= 15 is 0 Å². The van der Waals surface area contributed by atoms with Crippen molar-refractivity contribution in [2.24, 2.45) is 7.05 Å². The van der Waals surface area contributed by atoms with Crippen LogP contribution in [0, 0.1) is 0 Å². The average Bonchev–Trinajstić information content (AvgIpc) is 3.43. The van der Waals surface area contributed by atoms with Gasteiger partial charge in [-0.1, -0.05) is 30.3 Å². The van der Waals surface area contributed by atoms with Crippen LogP contribution in [0.5, 0.6) is 0 Å². The Kier molecular flexibility index (Phi) is 6.55. The Bertz CT molecular complexity index is 1020. The van der Waals surface area contributed by atoms with Crippen LogP contribution in [0.25, 0.3) is 0 Å². The third kappa shape index (κ3) is 4.90. The van der Waals surface area contributed by atoms with Gasteiger partial charge < -0.3 is 18.8 Å². The van der Waals surface area contributed by atoms with Crippen molar-refractivity contribution in [1.29, 1.82) is 0 Å². The molecule has 1 fully saturated rings. The van der Waals surface area contributed by atoms with Crippen molar-refractivity contribution in [3.63, 3.8) is 0 Å². The standard InChI is InChI=1S/C25H29N3O3/c1-26-15-7-12-22(26)24(29)28-17-6-5-11-21(28)14-18-31-25(30)23-13-8-16-27(23)19-20-9-3-2-4-10-20/h2-4,7-10,12-13,15-16,21H,5-6,11,14,17-19H2,1H3. The first-order valence-corrected chi connectivity index (χ1v) is 10.9. The van der Waals surface area contributed by atoms with Gasteiger partial charge in [-0.2, -0.15) is 0 Å². The number of benzene rings is 1. The molecule has 6 nitrogen and oxygen atoms in total. The number of aromatic nitrogens is 2. The molecule has 1 aliphatic rings. The number of nitrogens with zero attached hydrogens (tertiary/aromatic N) is 3. The van der Waals surface area contributed by atoms with Gasteiger partial charge >= 0.3 is 5.97 Å². The zero-order valence-corrected chi connectivity index (χ0v) is 17.9. The van der Waals surface area contributed by atoms with Crippen LogP contribution < -0.4 is 0 Å². The normalized spacial score (nSPS) is 16.3. The predicted octanol–water partition coefficient (Wildman–Crippen LogP) is 4.12. The first kappa shape index (κ1) is 21.0. The second-order valence-electron chi connectivity index (χ2n) is 8.08. The highest BCUT2D eigenvalue weighted by Crippen LogP contribution is 2.22. The van der Waals surface area contributed by atoms with Gasteiger partial charge in [-0.05, 0) is 49.1 Å². The first-order chi connectivity index (χ1) is 15.1. The third-order valence-electron chi connectivity index (χ3n) is 5.97. The zero-order chi connectivity index (χ0) is 21.6. The molecule has 1 aromatic carbocycles. The number of hydrogen-bond acceptors (Lipinski definition) is 3. The molecule has 6 heteroatoms. The average molecular weight is 420 g/mol. The van der Waals surface area contributed by atoms with Crippen LogP contribution in [0.15, 0.2) is 67.0 Å². The predicted molar refractivity (Wildman–Crippen MR) is 119 cm³/mol. The van der Waals surface area contributed by atoms with E-state index in [-0.39, 0.29) is 17.9 Å². The summed E-state index contributed by atoms with van der Waals surface area (Å²) in [5.41, 5.74) is 2.37. The molecule has 3 heterocycles. The lowest BCUT2D eigenvalue weighted by Gasteiger charge is -2.35. The molecular formula is C25H29N3O3. The van der Waals surface area contributed by atoms with Gasteiger partial charge in [0, 0.05) is 45.0 Å². The highest BCUT2D eigenvalue weighted by molar-refractivity contribution is 5.93. The minimum atomic E-state index is -0.322. The Balaban J connectivity index is 1.34. The number of amides is 1. The third-order valence-corrected chi connectivity index (χ3v) is 5.97. The number of aryl methyl sites for hydroxylation is 1. The molecule has 1 amide bonds. The molecule has 1 saturated heterocycles. The Morgan fingerprint density at radius 3 is 2.52 bits per heavy atom. The number of hydrogen-bond donors (Lipinski definition) is 0. The molecular weight excluding hydrogens is 390 g/mol. The van der Waals surface area contributed by atoms with Crippen LogP contribution in [0.2, 0.25) is 0 Å². The minimum absolute atomic E-state index is 0.0558. The van der Waals surface area contributed by atoms with Crippen LogP contribution in [-0.2, 0) is 18.3 Å². The number of rotatable bonds is 7. The van der Waals surface area contributed by atoms with E-state index in [1.165, 1.54) is 0 Å². The van der Waals surface area contributed by atoms with Crippen LogP contribution in [0.3, 0.4) is 0 Å². The summed E-state index contributed by atoms with van der Waals surface area (Å²) in [4.78, 5) is 27.6. The van der Waals surface area contributed by atoms with Gasteiger partial charge in [-0.25, -0.2) is 4.79 Å². The molecule has 0 radical (unpaired) electrons. The summed E-state index contributed by atoms with van der Waals surface area (Å²) in [6.45, 7) is 1.68. The van der Waals surface area contributed by atoms with E-state index < -0.39 is 0 Å². The van der Waals surface area contributed by atoms with E-state index in [4.69, 9.17) is 4.74 Å². The largest absolute Gasteiger partial charge is 0.461 e. The maximum atomic E-state index is 13.0. The van der Waals surface area contributed by atoms with Gasteiger partial charge in [0.1, 0.15) is 11.4 Å². The van der Waals surface area contributed by atoms with Gasteiger partial charge in [0.05, 0.1) is 6.61 Å². The van der Waals surface area contributed by atoms with E-state index in [2.05, 4.69) is 0 Å². The Morgan fingerprint density at radius 2 is 1.74 bits per heavy atom. The van der Waals surface area contributed by atoms with Crippen molar-refractivity contribution in [3.8, 4) is 0 Å². The topological polar surface area (TPSA) is 56.5 Å². The fraction of sp³-hybridized carbons (Fsp3) is 0.360. The second-order valence-corrected chi connectivity index (χ2v) is 8.08. The summed E-state index contributed by atoms with van der Waals surface area (Å²) in [6.07, 6.45) is 7.48. The quantitative estimate of drug-likeness (QED) is 0.542. The molecule has 0 saturated carbocycles. The summed E-state index contributed by atoms with van der Waals surface area (Å²) < 4.78 is 9.37. The van der Waals surface area contributed by atoms with Crippen LogP contribution >= 0.6 is 0 Å². The molecule has 1 atom stereocenters. The highest BCUT2D eigenvalue weighted by Gasteiger charge is 2.28. The Labute approximate surface area is 183 Å².